The Balaban J connectivity index is 1.59. The summed E-state index contributed by atoms with van der Waals surface area (Å²) in [4.78, 5) is 3.96. The van der Waals surface area contributed by atoms with Crippen molar-refractivity contribution in [3.63, 3.8) is 0 Å². The number of aryl methyl sites for hydroxylation is 1. The zero-order valence-electron chi connectivity index (χ0n) is 12.3. The third-order valence-corrected chi connectivity index (χ3v) is 3.17. The SMILES string of the molecule is Cc1ccc(CCNC[C@H](O)COc2cccnc2)cc1. The molecule has 1 aromatic heterocycles. The Morgan fingerprint density at radius 2 is 2.05 bits per heavy atom. The van der Waals surface area contributed by atoms with Crippen molar-refractivity contribution in [3.05, 3.63) is 59.9 Å². The van der Waals surface area contributed by atoms with E-state index in [4.69, 9.17) is 4.74 Å². The van der Waals surface area contributed by atoms with Crippen molar-refractivity contribution >= 4 is 0 Å². The Morgan fingerprint density at radius 1 is 1.24 bits per heavy atom. The van der Waals surface area contributed by atoms with Crippen molar-refractivity contribution in [1.82, 2.24) is 10.3 Å². The lowest BCUT2D eigenvalue weighted by atomic mass is 10.1. The van der Waals surface area contributed by atoms with Crippen molar-refractivity contribution in [1.29, 1.82) is 0 Å². The van der Waals surface area contributed by atoms with E-state index >= 15 is 0 Å². The number of rotatable bonds is 8. The van der Waals surface area contributed by atoms with Gasteiger partial charge in [0, 0.05) is 12.7 Å². The first-order chi connectivity index (χ1) is 10.2. The molecule has 0 radical (unpaired) electrons. The Morgan fingerprint density at radius 3 is 2.76 bits per heavy atom. The van der Waals surface area contributed by atoms with Crippen LogP contribution in [0.1, 0.15) is 11.1 Å². The van der Waals surface area contributed by atoms with Crippen LogP contribution in [0.5, 0.6) is 5.75 Å². The summed E-state index contributed by atoms with van der Waals surface area (Å²) >= 11 is 0. The first-order valence-corrected chi connectivity index (χ1v) is 7.21. The zero-order chi connectivity index (χ0) is 14.9. The van der Waals surface area contributed by atoms with E-state index in [1.165, 1.54) is 11.1 Å². The normalized spacial score (nSPS) is 12.1. The smallest absolute Gasteiger partial charge is 0.137 e. The van der Waals surface area contributed by atoms with Crippen LogP contribution in [0.15, 0.2) is 48.8 Å². The highest BCUT2D eigenvalue weighted by Crippen LogP contribution is 2.06. The van der Waals surface area contributed by atoms with Crippen LogP contribution < -0.4 is 10.1 Å². The molecule has 0 saturated carbocycles. The summed E-state index contributed by atoms with van der Waals surface area (Å²) in [7, 11) is 0. The summed E-state index contributed by atoms with van der Waals surface area (Å²) in [6, 6.07) is 12.1. The molecule has 1 aromatic carbocycles. The molecule has 4 heteroatoms. The number of aromatic nitrogens is 1. The van der Waals surface area contributed by atoms with Crippen LogP contribution >= 0.6 is 0 Å². The molecule has 2 aromatic rings. The second kappa shape index (κ2) is 8.39. The summed E-state index contributed by atoms with van der Waals surface area (Å²) < 4.78 is 5.44. The maximum atomic E-state index is 9.84. The lowest BCUT2D eigenvalue weighted by molar-refractivity contribution is 0.106. The number of pyridine rings is 1. The van der Waals surface area contributed by atoms with E-state index in [0.717, 1.165) is 13.0 Å². The maximum absolute atomic E-state index is 9.84. The average Bonchev–Trinajstić information content (AvgIpc) is 2.52. The summed E-state index contributed by atoms with van der Waals surface area (Å²) in [5, 5.41) is 13.1. The van der Waals surface area contributed by atoms with E-state index in [9.17, 15) is 5.11 Å². The topological polar surface area (TPSA) is 54.4 Å². The van der Waals surface area contributed by atoms with E-state index in [1.54, 1.807) is 12.4 Å². The lowest BCUT2D eigenvalue weighted by Crippen LogP contribution is -2.32. The fourth-order valence-corrected chi connectivity index (χ4v) is 1.94. The molecule has 1 heterocycles. The van der Waals surface area contributed by atoms with Gasteiger partial charge in [0.2, 0.25) is 0 Å². The van der Waals surface area contributed by atoms with E-state index in [1.807, 2.05) is 12.1 Å². The molecule has 0 aliphatic rings. The molecule has 0 aliphatic carbocycles. The number of nitrogens with one attached hydrogen (secondary N) is 1. The highest BCUT2D eigenvalue weighted by molar-refractivity contribution is 5.21. The average molecular weight is 286 g/mol. The van der Waals surface area contributed by atoms with E-state index in [-0.39, 0.29) is 6.61 Å². The van der Waals surface area contributed by atoms with Crippen molar-refractivity contribution < 1.29 is 9.84 Å². The quantitative estimate of drug-likeness (QED) is 0.728. The van der Waals surface area contributed by atoms with Crippen LogP contribution in [0.3, 0.4) is 0 Å². The second-order valence-electron chi connectivity index (χ2n) is 5.09. The Bertz CT molecular complexity index is 514. The van der Waals surface area contributed by atoms with Crippen LogP contribution in [0.25, 0.3) is 0 Å². The highest BCUT2D eigenvalue weighted by atomic mass is 16.5. The predicted molar refractivity (Wildman–Crippen MR) is 83.5 cm³/mol. The van der Waals surface area contributed by atoms with Gasteiger partial charge < -0.3 is 15.2 Å². The molecule has 0 fully saturated rings. The number of aliphatic hydroxyl groups excluding tert-OH is 1. The van der Waals surface area contributed by atoms with E-state index in [0.29, 0.717) is 12.3 Å². The molecule has 112 valence electrons. The molecule has 0 bridgehead atoms. The van der Waals surface area contributed by atoms with E-state index in [2.05, 4.69) is 41.5 Å². The first-order valence-electron chi connectivity index (χ1n) is 7.21. The van der Waals surface area contributed by atoms with Gasteiger partial charge in [0.05, 0.1) is 6.20 Å². The maximum Gasteiger partial charge on any atom is 0.137 e. The van der Waals surface area contributed by atoms with Crippen molar-refractivity contribution in [2.75, 3.05) is 19.7 Å². The van der Waals surface area contributed by atoms with Gasteiger partial charge in [-0.2, -0.15) is 0 Å². The van der Waals surface area contributed by atoms with Crippen LogP contribution in [0, 0.1) is 6.92 Å². The lowest BCUT2D eigenvalue weighted by Gasteiger charge is -2.13. The minimum absolute atomic E-state index is 0.267. The minimum Gasteiger partial charge on any atom is -0.489 e. The van der Waals surface area contributed by atoms with Gasteiger partial charge in [0.1, 0.15) is 18.5 Å². The van der Waals surface area contributed by atoms with Gasteiger partial charge in [0.25, 0.3) is 0 Å². The molecule has 0 unspecified atom stereocenters. The minimum atomic E-state index is -0.525. The fourth-order valence-electron chi connectivity index (χ4n) is 1.94. The summed E-state index contributed by atoms with van der Waals surface area (Å²) in [5.74, 6) is 0.677. The predicted octanol–water partition coefficient (Wildman–Crippen LogP) is 1.96. The number of aliphatic hydroxyl groups is 1. The van der Waals surface area contributed by atoms with E-state index < -0.39 is 6.10 Å². The standard InChI is InChI=1S/C17H22N2O2/c1-14-4-6-15(7-5-14)8-10-19-11-16(20)13-21-17-3-2-9-18-12-17/h2-7,9,12,16,19-20H,8,10-11,13H2,1H3/t16-/m0/s1. The number of benzene rings is 1. The fraction of sp³-hybridized carbons (Fsp3) is 0.353. The van der Waals surface area contributed by atoms with Crippen LogP contribution in [0.2, 0.25) is 0 Å². The molecule has 2 rings (SSSR count). The van der Waals surface area contributed by atoms with Crippen molar-refractivity contribution in [2.45, 2.75) is 19.4 Å². The number of nitrogens with zero attached hydrogens (tertiary/aromatic N) is 1. The van der Waals surface area contributed by atoms with Gasteiger partial charge >= 0.3 is 0 Å². The van der Waals surface area contributed by atoms with Crippen molar-refractivity contribution in [3.8, 4) is 5.75 Å². The highest BCUT2D eigenvalue weighted by Gasteiger charge is 2.04. The molecule has 21 heavy (non-hydrogen) atoms. The van der Waals surface area contributed by atoms with Gasteiger partial charge in [-0.25, -0.2) is 0 Å². The summed E-state index contributed by atoms with van der Waals surface area (Å²) in [5.41, 5.74) is 2.57. The molecule has 0 spiro atoms. The molecule has 0 saturated heterocycles. The van der Waals surface area contributed by atoms with Crippen LogP contribution in [-0.4, -0.2) is 35.9 Å². The molecule has 4 nitrogen and oxygen atoms in total. The molecular weight excluding hydrogens is 264 g/mol. The second-order valence-corrected chi connectivity index (χ2v) is 5.09. The molecule has 1 atom stereocenters. The Kier molecular flexibility index (Phi) is 6.19. The van der Waals surface area contributed by atoms with Crippen molar-refractivity contribution in [2.24, 2.45) is 0 Å². The van der Waals surface area contributed by atoms with Gasteiger partial charge in [0.15, 0.2) is 0 Å². The third kappa shape index (κ3) is 5.94. The Labute approximate surface area is 125 Å². The molecule has 0 aliphatic heterocycles. The van der Waals surface area contributed by atoms with Gasteiger partial charge in [-0.3, -0.25) is 4.98 Å². The Hall–Kier alpha value is -1.91. The number of ether oxygens (including phenoxy) is 1. The first kappa shape index (κ1) is 15.5. The molecule has 2 N–H and O–H groups in total. The zero-order valence-corrected chi connectivity index (χ0v) is 12.3. The van der Waals surface area contributed by atoms with Gasteiger partial charge in [-0.05, 0) is 37.6 Å². The molecular formula is C17H22N2O2. The van der Waals surface area contributed by atoms with Gasteiger partial charge in [-0.15, -0.1) is 0 Å². The third-order valence-electron chi connectivity index (χ3n) is 3.17. The monoisotopic (exact) mass is 286 g/mol. The van der Waals surface area contributed by atoms with Gasteiger partial charge in [-0.1, -0.05) is 29.8 Å². The molecule has 0 amide bonds. The summed E-state index contributed by atoms with van der Waals surface area (Å²) in [6.45, 7) is 3.71. The van der Waals surface area contributed by atoms with Crippen LogP contribution in [0.4, 0.5) is 0 Å². The number of hydrogen-bond acceptors (Lipinski definition) is 4. The number of hydrogen-bond donors (Lipinski definition) is 2. The largest absolute Gasteiger partial charge is 0.489 e. The van der Waals surface area contributed by atoms with Crippen LogP contribution in [-0.2, 0) is 6.42 Å². The summed E-state index contributed by atoms with van der Waals surface area (Å²) in [6.07, 6.45) is 3.76.